The van der Waals surface area contributed by atoms with Crippen molar-refractivity contribution in [3.05, 3.63) is 18.2 Å². The number of aliphatic carboxylic acids is 2. The first-order chi connectivity index (χ1) is 16.0. The number of H-pyrrole nitrogens is 1. The summed E-state index contributed by atoms with van der Waals surface area (Å²) in [5, 5.41) is 23.5. The number of carbonyl (C=O) groups excluding carboxylic acids is 3. The number of hydrogen-bond acceptors (Lipinski definition) is 7. The molecule has 1 aliphatic rings. The summed E-state index contributed by atoms with van der Waals surface area (Å²) in [6, 6.07) is -4.63. The maximum absolute atomic E-state index is 13.2. The molecule has 34 heavy (non-hydrogen) atoms. The standard InChI is InChI=1S/C21H32N6O7/c1-11(2)6-13(22)18(30)25-14(8-17(28)29)19(31)26-15(7-12-9-23-10-24-12)20(32)27-5-3-4-16(27)21(33)34/h9-11,13-16H,3-8,22H2,1-2H3,(H,23,24)(H,25,30)(H,26,31)(H,28,29)(H,33,34). The highest BCUT2D eigenvalue weighted by Gasteiger charge is 2.39. The lowest BCUT2D eigenvalue weighted by Crippen LogP contribution is -2.58. The van der Waals surface area contributed by atoms with Crippen molar-refractivity contribution in [2.45, 2.75) is 70.1 Å². The molecule has 4 atom stereocenters. The fourth-order valence-electron chi connectivity index (χ4n) is 3.85. The van der Waals surface area contributed by atoms with Gasteiger partial charge in [0.15, 0.2) is 0 Å². The highest BCUT2D eigenvalue weighted by molar-refractivity contribution is 5.95. The first kappa shape index (κ1) is 26.8. The molecule has 0 bridgehead atoms. The Balaban J connectivity index is 2.21. The van der Waals surface area contributed by atoms with E-state index in [4.69, 9.17) is 5.73 Å². The van der Waals surface area contributed by atoms with Crippen LogP contribution in [-0.2, 0) is 30.4 Å². The molecule has 3 amide bonds. The number of imidazole rings is 1. The van der Waals surface area contributed by atoms with E-state index in [1.54, 1.807) is 0 Å². The Kier molecular flexibility index (Phi) is 9.54. The molecule has 13 nitrogen and oxygen atoms in total. The molecule has 2 heterocycles. The van der Waals surface area contributed by atoms with Crippen molar-refractivity contribution in [3.63, 3.8) is 0 Å². The second-order valence-corrected chi connectivity index (χ2v) is 8.77. The molecule has 2 rings (SSSR count). The van der Waals surface area contributed by atoms with Gasteiger partial charge in [0.25, 0.3) is 0 Å². The molecule has 1 aromatic heterocycles. The smallest absolute Gasteiger partial charge is 0.326 e. The van der Waals surface area contributed by atoms with Gasteiger partial charge in [-0.25, -0.2) is 9.78 Å². The van der Waals surface area contributed by atoms with Gasteiger partial charge in [-0.2, -0.15) is 0 Å². The molecule has 1 saturated heterocycles. The number of nitrogens with two attached hydrogens (primary N) is 1. The van der Waals surface area contributed by atoms with Crippen LogP contribution >= 0.6 is 0 Å². The summed E-state index contributed by atoms with van der Waals surface area (Å²) in [5.41, 5.74) is 6.35. The molecule has 7 N–H and O–H groups in total. The number of nitrogens with one attached hydrogen (secondary N) is 3. The van der Waals surface area contributed by atoms with Crippen LogP contribution in [-0.4, -0.2) is 85.5 Å². The second-order valence-electron chi connectivity index (χ2n) is 8.77. The Morgan fingerprint density at radius 2 is 1.85 bits per heavy atom. The van der Waals surface area contributed by atoms with Crippen molar-refractivity contribution < 1.29 is 34.2 Å². The van der Waals surface area contributed by atoms with Gasteiger partial charge < -0.3 is 36.5 Å². The Hall–Kier alpha value is -3.48. The number of likely N-dealkylation sites (tertiary alicyclic amines) is 1. The average molecular weight is 481 g/mol. The van der Waals surface area contributed by atoms with E-state index in [-0.39, 0.29) is 25.3 Å². The van der Waals surface area contributed by atoms with E-state index in [9.17, 15) is 34.2 Å². The van der Waals surface area contributed by atoms with E-state index in [1.165, 1.54) is 17.4 Å². The van der Waals surface area contributed by atoms with Crippen molar-refractivity contribution in [1.82, 2.24) is 25.5 Å². The summed E-state index contributed by atoms with van der Waals surface area (Å²) in [4.78, 5) is 69.4. The van der Waals surface area contributed by atoms with Gasteiger partial charge in [-0.1, -0.05) is 13.8 Å². The topological polar surface area (TPSA) is 208 Å². The van der Waals surface area contributed by atoms with Gasteiger partial charge in [-0.05, 0) is 25.2 Å². The van der Waals surface area contributed by atoms with E-state index in [0.29, 0.717) is 18.5 Å². The zero-order chi connectivity index (χ0) is 25.4. The van der Waals surface area contributed by atoms with E-state index in [0.717, 1.165) is 0 Å². The number of carboxylic acids is 2. The SMILES string of the molecule is CC(C)CC(N)C(=O)NC(CC(=O)O)C(=O)NC(Cc1cnc[nH]1)C(=O)N1CCCC1C(=O)O. The van der Waals surface area contributed by atoms with Crippen LogP contribution in [0.5, 0.6) is 0 Å². The normalized spacial score (nSPS) is 18.2. The van der Waals surface area contributed by atoms with Gasteiger partial charge in [0.2, 0.25) is 17.7 Å². The molecule has 0 saturated carbocycles. The maximum atomic E-state index is 13.2. The predicted octanol–water partition coefficient (Wildman–Crippen LogP) is -1.15. The molecular weight excluding hydrogens is 448 g/mol. The quantitative estimate of drug-likeness (QED) is 0.213. The summed E-state index contributed by atoms with van der Waals surface area (Å²) in [5.74, 6) is -4.57. The number of hydrogen-bond donors (Lipinski definition) is 6. The van der Waals surface area contributed by atoms with Gasteiger partial charge in [-0.15, -0.1) is 0 Å². The summed E-state index contributed by atoms with van der Waals surface area (Å²) in [7, 11) is 0. The molecular formula is C21H32N6O7. The van der Waals surface area contributed by atoms with Gasteiger partial charge >= 0.3 is 11.9 Å². The number of rotatable bonds is 12. The lowest BCUT2D eigenvalue weighted by Gasteiger charge is -2.28. The van der Waals surface area contributed by atoms with E-state index >= 15 is 0 Å². The maximum Gasteiger partial charge on any atom is 0.326 e. The molecule has 188 valence electrons. The molecule has 1 aromatic rings. The number of nitrogens with zero attached hydrogens (tertiary/aromatic N) is 2. The fourth-order valence-corrected chi connectivity index (χ4v) is 3.85. The number of carboxylic acid groups (broad SMARTS) is 2. The zero-order valence-corrected chi connectivity index (χ0v) is 19.2. The Bertz CT molecular complexity index is 888. The summed E-state index contributed by atoms with van der Waals surface area (Å²) < 4.78 is 0. The van der Waals surface area contributed by atoms with Crippen LogP contribution < -0.4 is 16.4 Å². The van der Waals surface area contributed by atoms with E-state index < -0.39 is 60.2 Å². The summed E-state index contributed by atoms with van der Waals surface area (Å²) >= 11 is 0. The van der Waals surface area contributed by atoms with Crippen molar-refractivity contribution in [3.8, 4) is 0 Å². The van der Waals surface area contributed by atoms with Crippen LogP contribution in [0.1, 0.15) is 45.2 Å². The molecule has 0 spiro atoms. The van der Waals surface area contributed by atoms with Crippen LogP contribution in [0.4, 0.5) is 0 Å². The number of aromatic amines is 1. The second kappa shape index (κ2) is 12.1. The zero-order valence-electron chi connectivity index (χ0n) is 19.2. The van der Waals surface area contributed by atoms with Crippen molar-refractivity contribution >= 4 is 29.7 Å². The molecule has 13 heteroatoms. The van der Waals surface area contributed by atoms with E-state index in [2.05, 4.69) is 20.6 Å². The summed E-state index contributed by atoms with van der Waals surface area (Å²) in [6.45, 7) is 3.94. The average Bonchev–Trinajstić information content (AvgIpc) is 3.43. The minimum absolute atomic E-state index is 0.0337. The third-order valence-corrected chi connectivity index (χ3v) is 5.49. The summed E-state index contributed by atoms with van der Waals surface area (Å²) in [6.07, 6.45) is 3.20. The first-order valence-corrected chi connectivity index (χ1v) is 11.1. The van der Waals surface area contributed by atoms with Gasteiger partial charge in [0.05, 0.1) is 18.8 Å². The number of amides is 3. The van der Waals surface area contributed by atoms with Crippen LogP contribution in [0.15, 0.2) is 12.5 Å². The monoisotopic (exact) mass is 480 g/mol. The lowest BCUT2D eigenvalue weighted by atomic mass is 10.0. The Morgan fingerprint density at radius 3 is 2.41 bits per heavy atom. The van der Waals surface area contributed by atoms with Gasteiger partial charge in [0.1, 0.15) is 18.1 Å². The molecule has 0 radical (unpaired) electrons. The predicted molar refractivity (Wildman–Crippen MR) is 118 cm³/mol. The first-order valence-electron chi connectivity index (χ1n) is 11.1. The number of carbonyl (C=O) groups is 5. The molecule has 4 unspecified atom stereocenters. The van der Waals surface area contributed by atoms with Crippen LogP contribution in [0.25, 0.3) is 0 Å². The highest BCUT2D eigenvalue weighted by atomic mass is 16.4. The third kappa shape index (κ3) is 7.54. The Morgan fingerprint density at radius 1 is 1.18 bits per heavy atom. The van der Waals surface area contributed by atoms with Crippen LogP contribution in [0, 0.1) is 5.92 Å². The van der Waals surface area contributed by atoms with Gasteiger partial charge in [0, 0.05) is 24.9 Å². The van der Waals surface area contributed by atoms with E-state index in [1.807, 2.05) is 13.8 Å². The van der Waals surface area contributed by atoms with Crippen LogP contribution in [0.3, 0.4) is 0 Å². The molecule has 0 aliphatic carbocycles. The third-order valence-electron chi connectivity index (χ3n) is 5.49. The van der Waals surface area contributed by atoms with Crippen molar-refractivity contribution in [2.75, 3.05) is 6.54 Å². The van der Waals surface area contributed by atoms with Crippen LogP contribution in [0.2, 0.25) is 0 Å². The minimum Gasteiger partial charge on any atom is -0.481 e. The minimum atomic E-state index is -1.48. The highest BCUT2D eigenvalue weighted by Crippen LogP contribution is 2.19. The molecule has 0 aromatic carbocycles. The largest absolute Gasteiger partial charge is 0.481 e. The lowest BCUT2D eigenvalue weighted by molar-refractivity contribution is -0.149. The number of aromatic nitrogens is 2. The van der Waals surface area contributed by atoms with Crippen molar-refractivity contribution in [2.24, 2.45) is 11.7 Å². The molecule has 1 aliphatic heterocycles. The van der Waals surface area contributed by atoms with Crippen molar-refractivity contribution in [1.29, 1.82) is 0 Å². The Labute approximate surface area is 196 Å². The fraction of sp³-hybridized carbons (Fsp3) is 0.619. The van der Waals surface area contributed by atoms with Gasteiger partial charge in [-0.3, -0.25) is 19.2 Å². The molecule has 1 fully saturated rings.